The maximum atomic E-state index is 6.82. The minimum atomic E-state index is -0.0810. The summed E-state index contributed by atoms with van der Waals surface area (Å²) in [5.41, 5.74) is 14.4. The third kappa shape index (κ3) is 5.83. The van der Waals surface area contributed by atoms with E-state index in [4.69, 9.17) is 14.7 Å². The number of benzene rings is 6. The van der Waals surface area contributed by atoms with Gasteiger partial charge in [0.2, 0.25) is 0 Å². The Morgan fingerprint density at radius 2 is 1.38 bits per heavy atom. The van der Waals surface area contributed by atoms with Crippen molar-refractivity contribution in [2.45, 2.75) is 64.7 Å². The van der Waals surface area contributed by atoms with Gasteiger partial charge in [-0.3, -0.25) is 18.3 Å². The maximum absolute atomic E-state index is 6.82. The molecule has 2 aliphatic rings. The highest BCUT2D eigenvalue weighted by Gasteiger charge is 2.33. The average Bonchev–Trinajstić information content (AvgIpc) is 3.99. The first-order valence-electron chi connectivity index (χ1n) is 22.3. The van der Waals surface area contributed by atoms with Crippen LogP contribution in [0, 0.1) is 6.33 Å². The van der Waals surface area contributed by atoms with E-state index in [2.05, 4.69) is 218 Å². The van der Waals surface area contributed by atoms with Crippen molar-refractivity contribution in [3.63, 3.8) is 0 Å². The normalized spacial score (nSPS) is 14.8. The number of imidazole rings is 2. The summed E-state index contributed by atoms with van der Waals surface area (Å²) in [4.78, 5) is 10.5. The Hall–Kier alpha value is -7.51. The van der Waals surface area contributed by atoms with Crippen LogP contribution in [0.1, 0.15) is 70.6 Å². The fourth-order valence-electron chi connectivity index (χ4n) is 10.2. The zero-order valence-corrected chi connectivity index (χ0v) is 37.0. The molecule has 1 aliphatic carbocycles. The average molecular weight is 833 g/mol. The van der Waals surface area contributed by atoms with E-state index in [1.54, 1.807) is 0 Å². The molecule has 1 atom stereocenters. The molecule has 5 heterocycles. The van der Waals surface area contributed by atoms with E-state index >= 15 is 0 Å². The molecule has 4 aromatic heterocycles. The first-order valence-corrected chi connectivity index (χ1v) is 22.3. The summed E-state index contributed by atoms with van der Waals surface area (Å²) in [5.74, 6) is 3.47. The van der Waals surface area contributed by atoms with Gasteiger partial charge in [-0.15, -0.1) is 0 Å². The van der Waals surface area contributed by atoms with E-state index in [1.807, 2.05) is 12.3 Å². The molecule has 0 fully saturated rings. The van der Waals surface area contributed by atoms with Crippen molar-refractivity contribution in [2.24, 2.45) is 0 Å². The predicted octanol–water partition coefficient (Wildman–Crippen LogP) is 13.5. The zero-order chi connectivity index (χ0) is 43.5. The first-order chi connectivity index (χ1) is 31.0. The second kappa shape index (κ2) is 14.0. The van der Waals surface area contributed by atoms with E-state index in [1.165, 1.54) is 33.6 Å². The molecule has 312 valence electrons. The molecule has 6 aromatic carbocycles. The minimum absolute atomic E-state index is 0.0810. The van der Waals surface area contributed by atoms with Crippen molar-refractivity contribution in [2.75, 3.05) is 0 Å². The van der Waals surface area contributed by atoms with E-state index in [9.17, 15) is 0 Å². The Morgan fingerprint density at radius 1 is 0.656 bits per heavy atom. The standard InChI is InChI=1S/C57H48N6O/c1-56(2,3)44-23-16-24-45(57(4,5)6)53(44)61-35-60(48-27-13-14-28-49(48)61)36-17-15-18-37(33-36)64-38-29-30-42-41-21-10-12-26-47(41)63(51(42)34-38)55-52-50(31-32-58-55)62-46-25-11-9-20-40(46)39-19-7-8-22-43(39)54(62)59-52/h7-19,21-34,40H,20H2,1-6H3. The van der Waals surface area contributed by atoms with Crippen LogP contribution < -0.4 is 9.30 Å². The number of aromatic nitrogens is 6. The lowest BCUT2D eigenvalue weighted by Gasteiger charge is -2.31. The molecule has 0 N–H and O–H groups in total. The molecule has 0 saturated heterocycles. The molecule has 64 heavy (non-hydrogen) atoms. The third-order valence-electron chi connectivity index (χ3n) is 13.1. The second-order valence-electron chi connectivity index (χ2n) is 19.3. The van der Waals surface area contributed by atoms with Crippen LogP contribution in [0.5, 0.6) is 11.5 Å². The number of para-hydroxylation sites is 4. The Kier molecular flexibility index (Phi) is 8.35. The maximum Gasteiger partial charge on any atom is 0.269 e. The van der Waals surface area contributed by atoms with Gasteiger partial charge in [-0.25, -0.2) is 9.97 Å². The summed E-state index contributed by atoms with van der Waals surface area (Å²) >= 11 is 0. The van der Waals surface area contributed by atoms with Crippen LogP contribution in [-0.4, -0.2) is 23.7 Å². The number of fused-ring (bicyclic) bond motifs is 12. The Labute approximate surface area is 372 Å². The third-order valence-corrected chi connectivity index (χ3v) is 13.1. The molecule has 1 aliphatic heterocycles. The van der Waals surface area contributed by atoms with Gasteiger partial charge in [-0.1, -0.05) is 145 Å². The van der Waals surface area contributed by atoms with E-state index in [0.29, 0.717) is 0 Å². The fourth-order valence-corrected chi connectivity index (χ4v) is 10.2. The molecule has 0 amide bonds. The Morgan fingerprint density at radius 3 is 2.20 bits per heavy atom. The van der Waals surface area contributed by atoms with Crippen LogP contribution >= 0.6 is 0 Å². The number of nitrogens with zero attached hydrogens (tertiary/aromatic N) is 6. The van der Waals surface area contributed by atoms with Crippen molar-refractivity contribution in [1.82, 2.24) is 23.7 Å². The fraction of sp³-hybridized carbons (Fsp3) is 0.175. The molecular formula is C57H48N6O. The lowest BCUT2D eigenvalue weighted by Crippen LogP contribution is -2.37. The highest BCUT2D eigenvalue weighted by Crippen LogP contribution is 2.48. The highest BCUT2D eigenvalue weighted by molar-refractivity contribution is 6.10. The molecule has 12 rings (SSSR count). The van der Waals surface area contributed by atoms with E-state index in [-0.39, 0.29) is 16.7 Å². The zero-order valence-electron chi connectivity index (χ0n) is 37.0. The summed E-state index contributed by atoms with van der Waals surface area (Å²) in [5, 5.41) is 2.26. The van der Waals surface area contributed by atoms with Crippen molar-refractivity contribution in [3.05, 3.63) is 187 Å². The minimum Gasteiger partial charge on any atom is -0.458 e. The molecule has 1 unspecified atom stereocenters. The number of hydrogen-bond donors (Lipinski definition) is 0. The van der Waals surface area contributed by atoms with Gasteiger partial charge in [-0.2, -0.15) is 0 Å². The molecule has 0 spiro atoms. The van der Waals surface area contributed by atoms with Crippen LogP contribution in [-0.2, 0) is 10.8 Å². The van der Waals surface area contributed by atoms with Crippen molar-refractivity contribution < 1.29 is 9.30 Å². The van der Waals surface area contributed by atoms with Gasteiger partial charge in [0.15, 0.2) is 5.82 Å². The quantitative estimate of drug-likeness (QED) is 0.128. The molecule has 0 saturated carbocycles. The number of ether oxygens (including phenoxy) is 1. The SMILES string of the molecule is CC(C)(C)c1cccc(C(C)(C)C)c1-[n+]1[c-]n(-c2cccc(Oc3ccc4c5ccccc5n(-c5nccc6c5nc5n6C6=CC=CCC6c6ccccc6-5)c4c3)c2)c2ccccc21. The number of pyridine rings is 1. The van der Waals surface area contributed by atoms with E-state index in [0.717, 1.165) is 79.1 Å². The van der Waals surface area contributed by atoms with Gasteiger partial charge in [0, 0.05) is 40.2 Å². The first kappa shape index (κ1) is 38.2. The second-order valence-corrected chi connectivity index (χ2v) is 19.3. The van der Waals surface area contributed by atoms with Crippen LogP contribution in [0.3, 0.4) is 0 Å². The van der Waals surface area contributed by atoms with Crippen molar-refractivity contribution in [1.29, 1.82) is 0 Å². The van der Waals surface area contributed by atoms with Crippen LogP contribution in [0.25, 0.3) is 78.2 Å². The van der Waals surface area contributed by atoms with Crippen LogP contribution in [0.2, 0.25) is 0 Å². The smallest absolute Gasteiger partial charge is 0.269 e. The van der Waals surface area contributed by atoms with Crippen LogP contribution in [0.4, 0.5) is 0 Å². The number of hydrogen-bond acceptors (Lipinski definition) is 3. The van der Waals surface area contributed by atoms with Crippen molar-refractivity contribution >= 4 is 49.6 Å². The topological polar surface area (TPSA) is 53.7 Å². The van der Waals surface area contributed by atoms with Gasteiger partial charge >= 0.3 is 0 Å². The largest absolute Gasteiger partial charge is 0.458 e. The van der Waals surface area contributed by atoms with Gasteiger partial charge in [0.1, 0.15) is 22.8 Å². The summed E-state index contributed by atoms with van der Waals surface area (Å²) in [6.45, 7) is 13.7. The Bertz CT molecular complexity index is 3570. The van der Waals surface area contributed by atoms with E-state index < -0.39 is 0 Å². The number of allylic oxidation sites excluding steroid dienone is 4. The molecule has 10 aromatic rings. The van der Waals surface area contributed by atoms with Gasteiger partial charge < -0.3 is 4.74 Å². The number of rotatable bonds is 5. The molecule has 0 bridgehead atoms. The molecular weight excluding hydrogens is 785 g/mol. The van der Waals surface area contributed by atoms with Crippen LogP contribution in [0.15, 0.2) is 164 Å². The monoisotopic (exact) mass is 832 g/mol. The lowest BCUT2D eigenvalue weighted by atomic mass is 9.78. The van der Waals surface area contributed by atoms with Gasteiger partial charge in [0.05, 0.1) is 39.0 Å². The summed E-state index contributed by atoms with van der Waals surface area (Å²) < 4.78 is 15.9. The lowest BCUT2D eigenvalue weighted by molar-refractivity contribution is -0.574. The summed E-state index contributed by atoms with van der Waals surface area (Å²) in [6, 6.07) is 49.4. The Balaban J connectivity index is 0.982. The highest BCUT2D eigenvalue weighted by atomic mass is 16.5. The summed E-state index contributed by atoms with van der Waals surface area (Å²) in [6.07, 6.45) is 13.4. The molecule has 0 radical (unpaired) electrons. The van der Waals surface area contributed by atoms with Gasteiger partial charge in [0.25, 0.3) is 6.33 Å². The van der Waals surface area contributed by atoms with Gasteiger partial charge in [-0.05, 0) is 82.5 Å². The molecule has 7 nitrogen and oxygen atoms in total. The predicted molar refractivity (Wildman–Crippen MR) is 259 cm³/mol. The summed E-state index contributed by atoms with van der Waals surface area (Å²) in [7, 11) is 0. The van der Waals surface area contributed by atoms with Crippen molar-refractivity contribution in [3.8, 4) is 40.1 Å². The molecule has 7 heteroatoms.